The van der Waals surface area contributed by atoms with Crippen LogP contribution in [0, 0.1) is 4.77 Å². The Hall–Kier alpha value is -2.69. The van der Waals surface area contributed by atoms with Crippen LogP contribution in [0.4, 0.5) is 18.9 Å². The number of piperazine rings is 1. The highest BCUT2D eigenvalue weighted by molar-refractivity contribution is 7.71. The number of amides is 1. The van der Waals surface area contributed by atoms with Crippen molar-refractivity contribution in [2.75, 3.05) is 38.0 Å². The Kier molecular flexibility index (Phi) is 6.87. The second-order valence-corrected chi connectivity index (χ2v) is 8.44. The molecule has 1 aromatic heterocycles. The molecule has 0 spiro atoms. The molecule has 1 aliphatic rings. The molecule has 10 heteroatoms. The molecule has 2 aromatic carbocycles. The number of para-hydroxylation sites is 3. The number of aryl methyl sites for hydroxylation is 1. The van der Waals surface area contributed by atoms with Crippen molar-refractivity contribution >= 4 is 34.8 Å². The van der Waals surface area contributed by atoms with E-state index in [9.17, 15) is 18.0 Å². The van der Waals surface area contributed by atoms with Crippen molar-refractivity contribution in [3.63, 3.8) is 0 Å². The minimum Gasteiger partial charge on any atom is -0.324 e. The third-order valence-electron chi connectivity index (χ3n) is 5.92. The number of halogens is 3. The van der Waals surface area contributed by atoms with Gasteiger partial charge in [-0.25, -0.2) is 0 Å². The van der Waals surface area contributed by atoms with Gasteiger partial charge in [0.15, 0.2) is 4.77 Å². The van der Waals surface area contributed by atoms with E-state index in [1.807, 2.05) is 17.0 Å². The van der Waals surface area contributed by atoms with Crippen LogP contribution >= 0.6 is 12.2 Å². The van der Waals surface area contributed by atoms with Gasteiger partial charge in [0.05, 0.1) is 35.5 Å². The summed E-state index contributed by atoms with van der Waals surface area (Å²) in [5, 5.41) is 2.42. The van der Waals surface area contributed by atoms with Crippen LogP contribution in [0.25, 0.3) is 11.0 Å². The first kappa shape index (κ1) is 23.5. The highest BCUT2D eigenvalue weighted by Crippen LogP contribution is 2.34. The topological polar surface area (TPSA) is 45.4 Å². The molecule has 33 heavy (non-hydrogen) atoms. The van der Waals surface area contributed by atoms with E-state index in [-0.39, 0.29) is 12.2 Å². The Morgan fingerprint density at radius 3 is 2.15 bits per heavy atom. The third kappa shape index (κ3) is 5.13. The van der Waals surface area contributed by atoms with E-state index in [0.29, 0.717) is 19.8 Å². The Bertz CT molecular complexity index is 1190. The van der Waals surface area contributed by atoms with Crippen molar-refractivity contribution in [1.82, 2.24) is 18.9 Å². The molecule has 0 bridgehead atoms. The summed E-state index contributed by atoms with van der Waals surface area (Å²) in [5.74, 6) is -0.451. The van der Waals surface area contributed by atoms with Crippen molar-refractivity contribution in [3.05, 3.63) is 58.9 Å². The van der Waals surface area contributed by atoms with E-state index >= 15 is 0 Å². The molecule has 176 valence electrons. The average Bonchev–Trinajstić information content (AvgIpc) is 3.05. The molecule has 0 radical (unpaired) electrons. The van der Waals surface area contributed by atoms with Gasteiger partial charge in [0.1, 0.15) is 0 Å². The zero-order valence-electron chi connectivity index (χ0n) is 18.3. The fourth-order valence-electron chi connectivity index (χ4n) is 4.24. The molecule has 0 aliphatic carbocycles. The lowest BCUT2D eigenvalue weighted by Gasteiger charge is -2.34. The van der Waals surface area contributed by atoms with Crippen molar-refractivity contribution in [2.45, 2.75) is 26.3 Å². The summed E-state index contributed by atoms with van der Waals surface area (Å²) in [6.07, 6.45) is -4.52. The molecule has 6 nitrogen and oxygen atoms in total. The van der Waals surface area contributed by atoms with Crippen LogP contribution in [0.15, 0.2) is 48.5 Å². The minimum absolute atomic E-state index is 0.0502. The predicted octanol–water partition coefficient (Wildman–Crippen LogP) is 4.42. The lowest BCUT2D eigenvalue weighted by atomic mass is 10.1. The quantitative estimate of drug-likeness (QED) is 0.534. The van der Waals surface area contributed by atoms with Crippen LogP contribution in [0.2, 0.25) is 0 Å². The molecule has 2 heterocycles. The average molecular weight is 478 g/mol. The van der Waals surface area contributed by atoms with Gasteiger partial charge in [-0.1, -0.05) is 24.3 Å². The number of nitrogens with one attached hydrogen (secondary N) is 1. The number of hydrogen-bond donors (Lipinski definition) is 1. The lowest BCUT2D eigenvalue weighted by molar-refractivity contribution is -0.137. The zero-order valence-corrected chi connectivity index (χ0v) is 19.1. The van der Waals surface area contributed by atoms with Gasteiger partial charge in [0.2, 0.25) is 5.91 Å². The van der Waals surface area contributed by atoms with Gasteiger partial charge in [0.25, 0.3) is 0 Å². The Labute approximate surface area is 195 Å². The number of carbonyl (C=O) groups excluding carboxylic acids is 1. The molecule has 4 rings (SSSR count). The van der Waals surface area contributed by atoms with E-state index < -0.39 is 17.6 Å². The first-order valence-corrected chi connectivity index (χ1v) is 11.3. The number of hydrogen-bond acceptors (Lipinski definition) is 4. The normalized spacial score (nSPS) is 15.8. The number of anilines is 1. The van der Waals surface area contributed by atoms with Crippen molar-refractivity contribution in [2.24, 2.45) is 0 Å². The second-order valence-electron chi connectivity index (χ2n) is 8.07. The first-order chi connectivity index (χ1) is 15.8. The summed E-state index contributed by atoms with van der Waals surface area (Å²) < 4.78 is 44.5. The predicted molar refractivity (Wildman–Crippen MR) is 125 cm³/mol. The van der Waals surface area contributed by atoms with E-state index in [0.717, 1.165) is 41.5 Å². The van der Waals surface area contributed by atoms with E-state index in [1.54, 1.807) is 0 Å². The van der Waals surface area contributed by atoms with E-state index in [2.05, 4.69) is 38.4 Å². The second kappa shape index (κ2) is 9.66. The molecule has 1 saturated heterocycles. The van der Waals surface area contributed by atoms with Gasteiger partial charge in [-0.15, -0.1) is 0 Å². The molecular weight excluding hydrogens is 451 g/mol. The number of rotatable bonds is 6. The number of carbonyl (C=O) groups is 1. The van der Waals surface area contributed by atoms with Gasteiger partial charge >= 0.3 is 6.18 Å². The Morgan fingerprint density at radius 2 is 1.52 bits per heavy atom. The van der Waals surface area contributed by atoms with Crippen LogP contribution in [0.3, 0.4) is 0 Å². The van der Waals surface area contributed by atoms with Crippen LogP contribution in [-0.4, -0.2) is 57.6 Å². The maximum atomic E-state index is 13.2. The van der Waals surface area contributed by atoms with Crippen molar-refractivity contribution in [3.8, 4) is 0 Å². The molecule has 1 amide bonds. The first-order valence-electron chi connectivity index (χ1n) is 10.9. The van der Waals surface area contributed by atoms with E-state index in [4.69, 9.17) is 12.2 Å². The van der Waals surface area contributed by atoms with Crippen LogP contribution < -0.4 is 5.32 Å². The van der Waals surface area contributed by atoms with Gasteiger partial charge < -0.3 is 14.5 Å². The van der Waals surface area contributed by atoms with Crippen molar-refractivity contribution in [1.29, 1.82) is 0 Å². The smallest absolute Gasteiger partial charge is 0.324 e. The number of fused-ring (bicyclic) bond motifs is 1. The molecule has 3 aromatic rings. The molecule has 0 unspecified atom stereocenters. The SMILES string of the molecule is CCn1c(=S)n(CN2CCN(CC(=O)Nc3ccccc3C(F)(F)F)CC2)c2ccccc21. The summed E-state index contributed by atoms with van der Waals surface area (Å²) in [4.78, 5) is 16.6. The maximum absolute atomic E-state index is 13.2. The van der Waals surface area contributed by atoms with Crippen molar-refractivity contribution < 1.29 is 18.0 Å². The van der Waals surface area contributed by atoms with Crippen LogP contribution in [-0.2, 0) is 24.2 Å². The summed E-state index contributed by atoms with van der Waals surface area (Å²) in [6, 6.07) is 13.2. The van der Waals surface area contributed by atoms with Gasteiger partial charge in [-0.2, -0.15) is 13.2 Å². The molecule has 1 fully saturated rings. The summed E-state index contributed by atoms with van der Waals surface area (Å²) in [5.41, 5.74) is 1.15. The highest BCUT2D eigenvalue weighted by Gasteiger charge is 2.33. The largest absolute Gasteiger partial charge is 0.418 e. The maximum Gasteiger partial charge on any atom is 0.418 e. The fraction of sp³-hybridized carbons (Fsp3) is 0.391. The number of alkyl halides is 3. The molecule has 0 atom stereocenters. The Balaban J connectivity index is 1.35. The van der Waals surface area contributed by atoms with Gasteiger partial charge in [-0.05, 0) is 43.4 Å². The Morgan fingerprint density at radius 1 is 0.939 bits per heavy atom. The van der Waals surface area contributed by atoms with Crippen LogP contribution in [0.1, 0.15) is 12.5 Å². The third-order valence-corrected chi connectivity index (χ3v) is 6.36. The summed E-state index contributed by atoms with van der Waals surface area (Å²) in [7, 11) is 0. The monoisotopic (exact) mass is 477 g/mol. The fourth-order valence-corrected chi connectivity index (χ4v) is 4.62. The number of imidazole rings is 1. The van der Waals surface area contributed by atoms with E-state index in [1.165, 1.54) is 18.2 Å². The highest BCUT2D eigenvalue weighted by atomic mass is 32.1. The molecule has 1 N–H and O–H groups in total. The molecular formula is C23H26F3N5OS. The summed E-state index contributed by atoms with van der Waals surface area (Å²) in [6.45, 7) is 6.35. The lowest BCUT2D eigenvalue weighted by Crippen LogP contribution is -2.48. The summed E-state index contributed by atoms with van der Waals surface area (Å²) >= 11 is 5.70. The van der Waals surface area contributed by atoms with Crippen LogP contribution in [0.5, 0.6) is 0 Å². The molecule has 1 aliphatic heterocycles. The number of nitrogens with zero attached hydrogens (tertiary/aromatic N) is 4. The van der Waals surface area contributed by atoms with Gasteiger partial charge in [0, 0.05) is 32.7 Å². The zero-order chi connectivity index (χ0) is 23.6. The minimum atomic E-state index is -4.52. The molecule has 0 saturated carbocycles. The number of aromatic nitrogens is 2. The number of benzene rings is 2. The standard InChI is InChI=1S/C23H26F3N5OS/c1-2-30-19-9-5-6-10-20(19)31(22(30)33)16-29-13-11-28(12-14-29)15-21(32)27-18-8-4-3-7-17(18)23(24,25)26/h3-10H,2,11-16H2,1H3,(H,27,32). The van der Waals surface area contributed by atoms with Gasteiger partial charge in [-0.3, -0.25) is 14.6 Å².